The third-order valence-electron chi connectivity index (χ3n) is 6.42. The van der Waals surface area contributed by atoms with Crippen LogP contribution in [0.15, 0.2) is 64.0 Å². The van der Waals surface area contributed by atoms with Crippen molar-refractivity contribution in [3.8, 4) is 11.5 Å². The highest BCUT2D eigenvalue weighted by molar-refractivity contribution is 9.10. The van der Waals surface area contributed by atoms with Crippen LogP contribution in [0.5, 0.6) is 11.5 Å². The van der Waals surface area contributed by atoms with Gasteiger partial charge in [0, 0.05) is 15.8 Å². The number of thioether (sulfide) groups is 1. The van der Waals surface area contributed by atoms with Gasteiger partial charge in [-0.05, 0) is 94.3 Å². The molecule has 4 amide bonds. The number of ether oxygens (including phenoxy) is 3. The van der Waals surface area contributed by atoms with Crippen LogP contribution in [0.4, 0.5) is 16.2 Å². The first-order valence-electron chi connectivity index (χ1n) is 14.1. The predicted molar refractivity (Wildman–Crippen MR) is 184 cm³/mol. The Labute approximate surface area is 293 Å². The van der Waals surface area contributed by atoms with Crippen molar-refractivity contribution in [2.24, 2.45) is 0 Å². The standard InChI is InChI=1S/C32H28BrCl2N3O8S/c1-3-4-11-45-31(42)21-14-19(7-9-23(21)34)36-28(39)16-38-30(41)27(47-32(38)43)13-18-5-10-25(26(12-18)44-2)46-17-29(40)37-20-6-8-22(33)24(35)15-20/h5-10,12-15H,3-4,11,16-17H2,1-2H3,(H,36,39)(H,37,40)/b27-13+. The molecule has 1 saturated heterocycles. The fourth-order valence-corrected chi connectivity index (χ4v) is 5.55. The normalized spacial score (nSPS) is 13.5. The Hall–Kier alpha value is -4.04. The molecule has 0 aromatic heterocycles. The quantitative estimate of drug-likeness (QED) is 0.103. The van der Waals surface area contributed by atoms with E-state index in [1.807, 2.05) is 6.92 Å². The molecule has 0 unspecified atom stereocenters. The zero-order valence-electron chi connectivity index (χ0n) is 25.1. The Morgan fingerprint density at radius 3 is 2.38 bits per heavy atom. The number of hydrogen-bond donors (Lipinski definition) is 2. The average molecular weight is 765 g/mol. The molecular formula is C32H28BrCl2N3O8S. The summed E-state index contributed by atoms with van der Waals surface area (Å²) in [6, 6.07) is 14.0. The van der Waals surface area contributed by atoms with Crippen molar-refractivity contribution in [2.45, 2.75) is 19.8 Å². The molecule has 3 aromatic carbocycles. The molecule has 0 atom stereocenters. The van der Waals surface area contributed by atoms with Gasteiger partial charge in [0.25, 0.3) is 17.1 Å². The second kappa shape index (κ2) is 16.7. The van der Waals surface area contributed by atoms with Gasteiger partial charge in [-0.25, -0.2) is 4.79 Å². The monoisotopic (exact) mass is 763 g/mol. The lowest BCUT2D eigenvalue weighted by Gasteiger charge is -2.13. The minimum Gasteiger partial charge on any atom is -0.493 e. The van der Waals surface area contributed by atoms with E-state index in [-0.39, 0.29) is 45.9 Å². The van der Waals surface area contributed by atoms with E-state index in [2.05, 4.69) is 26.6 Å². The molecular weight excluding hydrogens is 737 g/mol. The van der Waals surface area contributed by atoms with Gasteiger partial charge in [-0.3, -0.25) is 24.1 Å². The molecule has 246 valence electrons. The predicted octanol–water partition coefficient (Wildman–Crippen LogP) is 7.41. The van der Waals surface area contributed by atoms with E-state index in [1.165, 1.54) is 31.4 Å². The minimum absolute atomic E-state index is 0.0795. The number of carbonyl (C=O) groups is 5. The van der Waals surface area contributed by atoms with E-state index in [9.17, 15) is 24.0 Å². The zero-order valence-corrected chi connectivity index (χ0v) is 29.0. The molecule has 0 saturated carbocycles. The Morgan fingerprint density at radius 1 is 0.936 bits per heavy atom. The number of rotatable bonds is 13. The van der Waals surface area contributed by atoms with Crippen molar-refractivity contribution in [2.75, 3.05) is 37.5 Å². The van der Waals surface area contributed by atoms with Crippen LogP contribution in [0, 0.1) is 0 Å². The summed E-state index contributed by atoms with van der Waals surface area (Å²) in [6.45, 7) is 1.34. The number of hydrogen-bond acceptors (Lipinski definition) is 9. The van der Waals surface area contributed by atoms with Gasteiger partial charge in [0.1, 0.15) is 6.54 Å². The van der Waals surface area contributed by atoms with E-state index < -0.39 is 35.5 Å². The molecule has 0 bridgehead atoms. The Kier molecular flexibility index (Phi) is 12.7. The van der Waals surface area contributed by atoms with Crippen molar-refractivity contribution < 1.29 is 38.2 Å². The lowest BCUT2D eigenvalue weighted by atomic mass is 10.2. The molecule has 11 nitrogen and oxygen atoms in total. The van der Waals surface area contributed by atoms with Gasteiger partial charge in [0.15, 0.2) is 18.1 Å². The lowest BCUT2D eigenvalue weighted by Crippen LogP contribution is -2.36. The van der Waals surface area contributed by atoms with Gasteiger partial charge in [-0.1, -0.05) is 42.6 Å². The number of nitrogens with one attached hydrogen (secondary N) is 2. The number of anilines is 2. The fourth-order valence-electron chi connectivity index (χ4n) is 4.09. The molecule has 0 aliphatic carbocycles. The molecule has 1 fully saturated rings. The number of amides is 4. The van der Waals surface area contributed by atoms with Gasteiger partial charge >= 0.3 is 5.97 Å². The Morgan fingerprint density at radius 2 is 1.66 bits per heavy atom. The summed E-state index contributed by atoms with van der Waals surface area (Å²) < 4.78 is 16.9. The number of unbranched alkanes of at least 4 members (excludes halogenated alkanes) is 1. The third kappa shape index (κ3) is 9.74. The molecule has 3 aromatic rings. The highest BCUT2D eigenvalue weighted by Gasteiger charge is 2.36. The van der Waals surface area contributed by atoms with Crippen molar-refractivity contribution in [1.82, 2.24) is 4.90 Å². The van der Waals surface area contributed by atoms with E-state index in [1.54, 1.807) is 36.4 Å². The van der Waals surface area contributed by atoms with Crippen molar-refractivity contribution in [3.05, 3.63) is 85.1 Å². The first kappa shape index (κ1) is 35.8. The van der Waals surface area contributed by atoms with Crippen molar-refractivity contribution in [1.29, 1.82) is 0 Å². The van der Waals surface area contributed by atoms with Gasteiger partial charge in [-0.15, -0.1) is 0 Å². The second-order valence-electron chi connectivity index (χ2n) is 9.88. The number of halogens is 3. The maximum Gasteiger partial charge on any atom is 0.339 e. The Balaban J connectivity index is 1.36. The Bertz CT molecular complexity index is 1750. The number of benzene rings is 3. The summed E-state index contributed by atoms with van der Waals surface area (Å²) in [5, 5.41) is 5.23. The number of methoxy groups -OCH3 is 1. The molecule has 15 heteroatoms. The van der Waals surface area contributed by atoms with Gasteiger partial charge in [0.05, 0.1) is 34.2 Å². The number of nitrogens with zero attached hydrogens (tertiary/aromatic N) is 1. The number of imide groups is 1. The van der Waals surface area contributed by atoms with E-state index in [0.717, 1.165) is 11.3 Å². The zero-order chi connectivity index (χ0) is 34.1. The minimum atomic E-state index is -0.657. The number of carbonyl (C=O) groups excluding carboxylic acids is 5. The van der Waals surface area contributed by atoms with Gasteiger partial charge in [0.2, 0.25) is 5.91 Å². The fraction of sp³-hybridized carbons (Fsp3) is 0.219. The van der Waals surface area contributed by atoms with Crippen LogP contribution in [0.2, 0.25) is 10.0 Å². The lowest BCUT2D eigenvalue weighted by molar-refractivity contribution is -0.127. The molecule has 0 radical (unpaired) electrons. The summed E-state index contributed by atoms with van der Waals surface area (Å²) in [4.78, 5) is 64.1. The van der Waals surface area contributed by atoms with E-state index in [0.29, 0.717) is 38.9 Å². The average Bonchev–Trinajstić information content (AvgIpc) is 3.30. The largest absolute Gasteiger partial charge is 0.493 e. The van der Waals surface area contributed by atoms with Crippen molar-refractivity contribution in [3.63, 3.8) is 0 Å². The maximum atomic E-state index is 13.1. The van der Waals surface area contributed by atoms with Crippen LogP contribution >= 0.6 is 50.9 Å². The first-order valence-corrected chi connectivity index (χ1v) is 16.4. The highest BCUT2D eigenvalue weighted by atomic mass is 79.9. The van der Waals surface area contributed by atoms with Crippen LogP contribution in [0.3, 0.4) is 0 Å². The SMILES string of the molecule is CCCCOC(=O)c1cc(NC(=O)CN2C(=O)S/C(=C/c3ccc(OCC(=O)Nc4ccc(Br)c(Cl)c4)c(OC)c3)C2=O)ccc1Cl. The summed E-state index contributed by atoms with van der Waals surface area (Å²) in [5.74, 6) is -1.80. The van der Waals surface area contributed by atoms with Gasteiger partial charge in [-0.2, -0.15) is 0 Å². The molecule has 4 rings (SSSR count). The van der Waals surface area contributed by atoms with Gasteiger partial charge < -0.3 is 24.8 Å². The maximum absolute atomic E-state index is 13.1. The van der Waals surface area contributed by atoms with Crippen LogP contribution in [0.1, 0.15) is 35.7 Å². The summed E-state index contributed by atoms with van der Waals surface area (Å²) in [6.07, 6.45) is 3.03. The van der Waals surface area contributed by atoms with Crippen LogP contribution < -0.4 is 20.1 Å². The topological polar surface area (TPSA) is 140 Å². The van der Waals surface area contributed by atoms with Crippen LogP contribution in [-0.4, -0.2) is 60.7 Å². The summed E-state index contributed by atoms with van der Waals surface area (Å²) in [7, 11) is 1.42. The van der Waals surface area contributed by atoms with E-state index in [4.69, 9.17) is 37.4 Å². The summed E-state index contributed by atoms with van der Waals surface area (Å²) in [5.41, 5.74) is 1.34. The third-order valence-corrected chi connectivity index (χ3v) is 8.89. The van der Waals surface area contributed by atoms with Crippen LogP contribution in [0.25, 0.3) is 6.08 Å². The molecule has 47 heavy (non-hydrogen) atoms. The molecule has 0 spiro atoms. The van der Waals surface area contributed by atoms with Crippen molar-refractivity contribution >= 4 is 97.3 Å². The molecule has 2 N–H and O–H groups in total. The smallest absolute Gasteiger partial charge is 0.339 e. The molecule has 1 heterocycles. The highest BCUT2D eigenvalue weighted by Crippen LogP contribution is 2.35. The first-order chi connectivity index (χ1) is 22.5. The molecule has 1 aliphatic rings. The summed E-state index contributed by atoms with van der Waals surface area (Å²) >= 11 is 16.2. The van der Waals surface area contributed by atoms with Crippen LogP contribution in [-0.2, 0) is 19.1 Å². The second-order valence-corrected chi connectivity index (χ2v) is 12.5. The number of esters is 1. The molecule has 1 aliphatic heterocycles. The van der Waals surface area contributed by atoms with E-state index >= 15 is 0 Å².